The van der Waals surface area contributed by atoms with Gasteiger partial charge in [0.2, 0.25) is 0 Å². The molecule has 1 saturated heterocycles. The first-order chi connectivity index (χ1) is 13.2. The smallest absolute Gasteiger partial charge is 0.254 e. The number of likely N-dealkylation sites (N-methyl/N-ethyl adjacent to an activating group) is 1. The second-order valence-electron chi connectivity index (χ2n) is 7.20. The summed E-state index contributed by atoms with van der Waals surface area (Å²) in [7, 11) is 1.94. The molecular weight excluding hydrogens is 338 g/mol. The van der Waals surface area contributed by atoms with Crippen molar-refractivity contribution in [1.29, 1.82) is 0 Å². The van der Waals surface area contributed by atoms with E-state index < -0.39 is 0 Å². The summed E-state index contributed by atoms with van der Waals surface area (Å²) in [5, 5.41) is 9.07. The fraction of sp³-hybridized carbons (Fsp3) is 0.455. The van der Waals surface area contributed by atoms with Crippen molar-refractivity contribution in [2.24, 2.45) is 0 Å². The molecule has 27 heavy (non-hydrogen) atoms. The second kappa shape index (κ2) is 9.51. The minimum Gasteiger partial charge on any atom is -0.395 e. The average molecular weight is 367 g/mol. The summed E-state index contributed by atoms with van der Waals surface area (Å²) in [6.07, 6.45) is 7.01. The third kappa shape index (κ3) is 5.07. The molecule has 0 spiro atoms. The van der Waals surface area contributed by atoms with Gasteiger partial charge in [-0.25, -0.2) is 0 Å². The van der Waals surface area contributed by atoms with Crippen LogP contribution in [-0.4, -0.2) is 53.7 Å². The summed E-state index contributed by atoms with van der Waals surface area (Å²) in [6.45, 7) is 1.52. The predicted octanol–water partition coefficient (Wildman–Crippen LogP) is 3.14. The van der Waals surface area contributed by atoms with E-state index in [0.717, 1.165) is 49.2 Å². The summed E-state index contributed by atoms with van der Waals surface area (Å²) in [5.41, 5.74) is 2.83. The molecule has 1 amide bonds. The molecule has 0 saturated carbocycles. The van der Waals surface area contributed by atoms with Crippen LogP contribution in [0, 0.1) is 0 Å². The number of carbonyl (C=O) groups is 1. The lowest BCUT2D eigenvalue weighted by atomic mass is 9.96. The molecule has 1 aromatic heterocycles. The van der Waals surface area contributed by atoms with Crippen molar-refractivity contribution in [3.63, 3.8) is 0 Å². The van der Waals surface area contributed by atoms with E-state index in [0.29, 0.717) is 6.54 Å². The van der Waals surface area contributed by atoms with Gasteiger partial charge in [-0.05, 0) is 68.5 Å². The van der Waals surface area contributed by atoms with Gasteiger partial charge in [0.15, 0.2) is 0 Å². The Morgan fingerprint density at radius 2 is 2.04 bits per heavy atom. The minimum atomic E-state index is 0.114. The number of amides is 1. The highest BCUT2D eigenvalue weighted by molar-refractivity contribution is 5.94. The molecule has 0 aliphatic carbocycles. The van der Waals surface area contributed by atoms with E-state index >= 15 is 0 Å². The number of hydrogen-bond donors (Lipinski definition) is 1. The van der Waals surface area contributed by atoms with E-state index in [2.05, 4.69) is 16.0 Å². The van der Waals surface area contributed by atoms with Crippen LogP contribution in [0.5, 0.6) is 0 Å². The van der Waals surface area contributed by atoms with Crippen molar-refractivity contribution in [2.45, 2.75) is 38.1 Å². The Morgan fingerprint density at radius 1 is 1.22 bits per heavy atom. The molecule has 2 heterocycles. The van der Waals surface area contributed by atoms with Gasteiger partial charge in [0.1, 0.15) is 0 Å². The highest BCUT2D eigenvalue weighted by Gasteiger charge is 2.27. The van der Waals surface area contributed by atoms with Crippen LogP contribution in [0.2, 0.25) is 0 Å². The number of hydrogen-bond acceptors (Lipinski definition) is 4. The van der Waals surface area contributed by atoms with Crippen LogP contribution in [0.3, 0.4) is 0 Å². The van der Waals surface area contributed by atoms with Crippen LogP contribution in [-0.2, 0) is 6.42 Å². The monoisotopic (exact) mass is 367 g/mol. The molecule has 1 aliphatic heterocycles. The fourth-order valence-corrected chi connectivity index (χ4v) is 3.73. The van der Waals surface area contributed by atoms with E-state index in [1.54, 1.807) is 0 Å². The average Bonchev–Trinajstić information content (AvgIpc) is 2.73. The van der Waals surface area contributed by atoms with E-state index in [4.69, 9.17) is 5.11 Å². The first kappa shape index (κ1) is 19.4. The van der Waals surface area contributed by atoms with Gasteiger partial charge >= 0.3 is 0 Å². The number of carbonyl (C=O) groups excluding carboxylic acids is 1. The van der Waals surface area contributed by atoms with E-state index in [9.17, 15) is 4.79 Å². The second-order valence-corrected chi connectivity index (χ2v) is 7.20. The van der Waals surface area contributed by atoms with Crippen LogP contribution in [0.1, 0.15) is 41.7 Å². The number of likely N-dealkylation sites (tertiary alicyclic amines) is 1. The molecule has 5 nitrogen and oxygen atoms in total. The number of nitrogens with zero attached hydrogens (tertiary/aromatic N) is 3. The molecule has 1 atom stereocenters. The number of aromatic nitrogens is 1. The van der Waals surface area contributed by atoms with Crippen LogP contribution in [0.4, 0.5) is 5.69 Å². The summed E-state index contributed by atoms with van der Waals surface area (Å²) in [5.74, 6) is 0.122. The Bertz CT molecular complexity index is 718. The van der Waals surface area contributed by atoms with Crippen molar-refractivity contribution >= 4 is 11.6 Å². The van der Waals surface area contributed by atoms with Crippen molar-refractivity contribution in [3.8, 4) is 0 Å². The maximum absolute atomic E-state index is 13.1. The molecule has 1 aliphatic rings. The molecule has 0 radical (unpaired) electrons. The number of aliphatic hydroxyl groups is 1. The molecule has 1 aromatic carbocycles. The van der Waals surface area contributed by atoms with Crippen LogP contribution in [0.15, 0.2) is 48.7 Å². The Labute approximate surface area is 161 Å². The van der Waals surface area contributed by atoms with Gasteiger partial charge in [0.05, 0.1) is 6.61 Å². The van der Waals surface area contributed by atoms with Gasteiger partial charge in [-0.15, -0.1) is 0 Å². The van der Waals surface area contributed by atoms with Gasteiger partial charge in [0, 0.05) is 49.3 Å². The van der Waals surface area contributed by atoms with Gasteiger partial charge in [-0.2, -0.15) is 0 Å². The number of pyridine rings is 1. The maximum Gasteiger partial charge on any atom is 0.254 e. The van der Waals surface area contributed by atoms with Crippen molar-refractivity contribution in [3.05, 3.63) is 59.9 Å². The quantitative estimate of drug-likeness (QED) is 0.817. The summed E-state index contributed by atoms with van der Waals surface area (Å²) in [6, 6.07) is 14.0. The summed E-state index contributed by atoms with van der Waals surface area (Å²) >= 11 is 0. The zero-order valence-corrected chi connectivity index (χ0v) is 16.1. The lowest BCUT2D eigenvalue weighted by Gasteiger charge is -2.36. The lowest BCUT2D eigenvalue weighted by Crippen LogP contribution is -2.44. The molecule has 5 heteroatoms. The van der Waals surface area contributed by atoms with Crippen LogP contribution < -0.4 is 4.90 Å². The van der Waals surface area contributed by atoms with Gasteiger partial charge < -0.3 is 14.9 Å². The molecule has 0 unspecified atom stereocenters. The van der Waals surface area contributed by atoms with E-state index in [-0.39, 0.29) is 18.6 Å². The molecule has 144 valence electrons. The largest absolute Gasteiger partial charge is 0.395 e. The highest BCUT2D eigenvalue weighted by atomic mass is 16.3. The summed E-state index contributed by atoms with van der Waals surface area (Å²) < 4.78 is 0. The Morgan fingerprint density at radius 3 is 2.74 bits per heavy atom. The third-order valence-corrected chi connectivity index (χ3v) is 5.34. The Balaban J connectivity index is 1.65. The van der Waals surface area contributed by atoms with Crippen molar-refractivity contribution < 1.29 is 9.90 Å². The summed E-state index contributed by atoms with van der Waals surface area (Å²) in [4.78, 5) is 21.5. The number of aryl methyl sites for hydroxylation is 1. The maximum atomic E-state index is 13.1. The molecule has 1 N–H and O–H groups in total. The highest BCUT2D eigenvalue weighted by Crippen LogP contribution is 2.24. The third-order valence-electron chi connectivity index (χ3n) is 5.34. The van der Waals surface area contributed by atoms with E-state index in [1.165, 1.54) is 6.42 Å². The zero-order chi connectivity index (χ0) is 19.1. The number of aliphatic hydroxyl groups excluding tert-OH is 1. The Kier molecular flexibility index (Phi) is 6.82. The first-order valence-corrected chi connectivity index (χ1v) is 9.82. The lowest BCUT2D eigenvalue weighted by molar-refractivity contribution is 0.0601. The van der Waals surface area contributed by atoms with Gasteiger partial charge in [-0.1, -0.05) is 6.07 Å². The molecule has 0 bridgehead atoms. The van der Waals surface area contributed by atoms with Crippen LogP contribution in [0.25, 0.3) is 0 Å². The van der Waals surface area contributed by atoms with Crippen molar-refractivity contribution in [2.75, 3.05) is 31.6 Å². The number of benzene rings is 1. The Hall–Kier alpha value is -2.40. The number of anilines is 1. The molecular formula is C22H29N3O2. The van der Waals surface area contributed by atoms with Crippen LogP contribution >= 0.6 is 0 Å². The van der Waals surface area contributed by atoms with Crippen molar-refractivity contribution in [1.82, 2.24) is 9.88 Å². The first-order valence-electron chi connectivity index (χ1n) is 9.82. The standard InChI is InChI=1S/C22H29N3O2/c1-24(16-17-26)20-11-8-18(9-12-20)22(27)25-15-5-3-7-21(25)13-10-19-6-2-4-14-23-19/h2,4,6,8-9,11-12,14,21,26H,3,5,7,10,13,15-17H2,1H3/t21-/m0/s1. The van der Waals surface area contributed by atoms with E-state index in [1.807, 2.05) is 54.5 Å². The topological polar surface area (TPSA) is 56.7 Å². The molecule has 3 rings (SSSR count). The SMILES string of the molecule is CN(CCO)c1ccc(C(=O)N2CCCC[C@H]2CCc2ccccn2)cc1. The van der Waals surface area contributed by atoms with Gasteiger partial charge in [0.25, 0.3) is 5.91 Å². The zero-order valence-electron chi connectivity index (χ0n) is 16.1. The number of piperidine rings is 1. The normalized spacial score (nSPS) is 17.0. The minimum absolute atomic E-state index is 0.114. The molecule has 1 fully saturated rings. The van der Waals surface area contributed by atoms with Gasteiger partial charge in [-0.3, -0.25) is 9.78 Å². The fourth-order valence-electron chi connectivity index (χ4n) is 3.73. The molecule has 2 aromatic rings. The predicted molar refractivity (Wildman–Crippen MR) is 108 cm³/mol. The number of rotatable bonds is 7.